The van der Waals surface area contributed by atoms with Crippen molar-refractivity contribution in [1.82, 2.24) is 19.5 Å². The third-order valence-electron chi connectivity index (χ3n) is 4.67. The van der Waals surface area contributed by atoms with E-state index in [0.29, 0.717) is 18.1 Å². The van der Waals surface area contributed by atoms with Gasteiger partial charge in [-0.15, -0.1) is 13.2 Å². The van der Waals surface area contributed by atoms with Crippen LogP contribution in [0.25, 0.3) is 11.2 Å². The number of rotatable bonds is 6. The van der Waals surface area contributed by atoms with Gasteiger partial charge in [-0.1, -0.05) is 6.92 Å². The second kappa shape index (κ2) is 7.39. The fourth-order valence-electron chi connectivity index (χ4n) is 3.63. The number of nitrogens with zero attached hydrogens (tertiary/aromatic N) is 3. The van der Waals surface area contributed by atoms with E-state index in [1.54, 1.807) is 0 Å². The van der Waals surface area contributed by atoms with Crippen molar-refractivity contribution in [2.24, 2.45) is 5.92 Å². The summed E-state index contributed by atoms with van der Waals surface area (Å²) in [5.41, 5.74) is 0.0729. The zero-order valence-electron chi connectivity index (χ0n) is 16.1. The summed E-state index contributed by atoms with van der Waals surface area (Å²) in [6.45, 7) is 7.41. The maximum atomic E-state index is 12.2. The first-order chi connectivity index (χ1) is 12.6. The molecule has 27 heavy (non-hydrogen) atoms. The summed E-state index contributed by atoms with van der Waals surface area (Å²) in [6, 6.07) is 0. The fraction of sp³-hybridized carbons (Fsp3) is 0.647. The molecule has 0 aliphatic carbocycles. The van der Waals surface area contributed by atoms with Crippen molar-refractivity contribution < 1.29 is 14.9 Å². The molecule has 2 aromatic heterocycles. The van der Waals surface area contributed by atoms with Gasteiger partial charge in [0, 0.05) is 6.54 Å². The topological polar surface area (TPSA) is 125 Å². The average Bonchev–Trinajstić information content (AvgIpc) is 3.09. The molecular weight excluding hydrogens is 369 g/mol. The lowest BCUT2D eigenvalue weighted by atomic mass is 10.0. The van der Waals surface area contributed by atoms with Crippen molar-refractivity contribution in [3.8, 4) is 0 Å². The molecule has 0 bridgehead atoms. The summed E-state index contributed by atoms with van der Waals surface area (Å²) >= 11 is 0. The molecule has 1 aliphatic heterocycles. The molecule has 150 valence electrons. The molecule has 0 aromatic carbocycles. The van der Waals surface area contributed by atoms with Crippen LogP contribution in [0.1, 0.15) is 20.1 Å². The number of aliphatic hydroxyl groups excluding tert-OH is 2. The highest BCUT2D eigenvalue weighted by molar-refractivity contribution is 7.72. The van der Waals surface area contributed by atoms with E-state index in [2.05, 4.69) is 39.9 Å². The third-order valence-corrected chi connectivity index (χ3v) is 6.23. The number of hydrogen-bond acceptors (Lipinski definition) is 7. The zero-order valence-corrected chi connectivity index (χ0v) is 17.0. The van der Waals surface area contributed by atoms with E-state index in [9.17, 15) is 15.0 Å². The normalized spacial score (nSPS) is 27.2. The van der Waals surface area contributed by atoms with Crippen molar-refractivity contribution in [3.05, 3.63) is 16.7 Å². The Bertz CT molecular complexity index is 920. The standard InChI is InChI=1S/C17H28N5O4P/c1-6-18-17-20-14-10(15(25)21-17)19-8-22(14)16-12(24)11(23)13(26-16)9(2)7-27(3,4)5/h8-9,11-13,16,23-24H,3,6-7H2,1-2,4-5H3,(H2,18,20,21,25)/t9?,11-,12+,13+,16+/m0/s1. The Labute approximate surface area is 157 Å². The summed E-state index contributed by atoms with van der Waals surface area (Å²) in [4.78, 5) is 23.3. The van der Waals surface area contributed by atoms with Crippen LogP contribution in [0.2, 0.25) is 0 Å². The van der Waals surface area contributed by atoms with E-state index in [0.717, 1.165) is 6.16 Å². The Morgan fingerprint density at radius 2 is 2.15 bits per heavy atom. The Kier molecular flexibility index (Phi) is 5.49. The number of fused-ring (bicyclic) bond motifs is 1. The van der Waals surface area contributed by atoms with Crippen LogP contribution in [-0.4, -0.2) is 80.4 Å². The molecule has 3 rings (SSSR count). The summed E-state index contributed by atoms with van der Waals surface area (Å²) in [7, 11) is 0. The summed E-state index contributed by atoms with van der Waals surface area (Å²) in [6.07, 6.45) is 2.88. The van der Waals surface area contributed by atoms with Crippen molar-refractivity contribution >= 4 is 30.3 Å². The highest BCUT2D eigenvalue weighted by Crippen LogP contribution is 2.42. The van der Waals surface area contributed by atoms with Crippen LogP contribution in [0.3, 0.4) is 0 Å². The van der Waals surface area contributed by atoms with Gasteiger partial charge in [0.15, 0.2) is 17.4 Å². The lowest BCUT2D eigenvalue weighted by molar-refractivity contribution is -0.0487. The smallest absolute Gasteiger partial charge is 0.280 e. The zero-order chi connectivity index (χ0) is 19.9. The van der Waals surface area contributed by atoms with E-state index >= 15 is 0 Å². The van der Waals surface area contributed by atoms with Gasteiger partial charge in [-0.3, -0.25) is 14.3 Å². The molecule has 5 atom stereocenters. The predicted molar refractivity (Wildman–Crippen MR) is 108 cm³/mol. The van der Waals surface area contributed by atoms with Crippen LogP contribution in [0, 0.1) is 5.92 Å². The van der Waals surface area contributed by atoms with E-state index in [-0.39, 0.29) is 17.0 Å². The van der Waals surface area contributed by atoms with Gasteiger partial charge >= 0.3 is 0 Å². The number of aliphatic hydroxyl groups is 2. The van der Waals surface area contributed by atoms with Gasteiger partial charge in [0.25, 0.3) is 5.56 Å². The maximum absolute atomic E-state index is 12.2. The van der Waals surface area contributed by atoms with Crippen LogP contribution in [-0.2, 0) is 4.74 Å². The molecule has 3 heterocycles. The Morgan fingerprint density at radius 1 is 1.44 bits per heavy atom. The molecule has 1 aliphatic rings. The number of H-pyrrole nitrogens is 1. The maximum Gasteiger partial charge on any atom is 0.280 e. The van der Waals surface area contributed by atoms with E-state index in [4.69, 9.17) is 4.74 Å². The van der Waals surface area contributed by atoms with Gasteiger partial charge in [-0.05, 0) is 32.3 Å². The molecule has 1 saturated heterocycles. The lowest BCUT2D eigenvalue weighted by Crippen LogP contribution is -2.36. The van der Waals surface area contributed by atoms with E-state index < -0.39 is 31.4 Å². The number of imidazole rings is 1. The molecule has 9 nitrogen and oxygen atoms in total. The van der Waals surface area contributed by atoms with Gasteiger partial charge in [-0.2, -0.15) is 4.98 Å². The second-order valence-corrected chi connectivity index (χ2v) is 12.1. The van der Waals surface area contributed by atoms with Crippen molar-refractivity contribution in [2.75, 3.05) is 31.4 Å². The van der Waals surface area contributed by atoms with Gasteiger partial charge in [0.05, 0.1) is 12.4 Å². The molecule has 0 radical (unpaired) electrons. The highest BCUT2D eigenvalue weighted by Gasteiger charge is 2.46. The quantitative estimate of drug-likeness (QED) is 0.524. The summed E-state index contributed by atoms with van der Waals surface area (Å²) in [5, 5.41) is 24.1. The molecular formula is C17H28N5O4P. The first kappa shape index (κ1) is 20.1. The van der Waals surface area contributed by atoms with E-state index in [1.807, 2.05) is 13.8 Å². The first-order valence-electron chi connectivity index (χ1n) is 9.02. The molecule has 1 unspecified atom stereocenters. The van der Waals surface area contributed by atoms with Gasteiger partial charge in [0.2, 0.25) is 5.95 Å². The van der Waals surface area contributed by atoms with Crippen molar-refractivity contribution in [1.29, 1.82) is 0 Å². The minimum atomic E-state index is -1.32. The number of anilines is 1. The number of hydrogen-bond donors (Lipinski definition) is 4. The van der Waals surface area contributed by atoms with Crippen LogP contribution >= 0.6 is 6.89 Å². The van der Waals surface area contributed by atoms with Crippen LogP contribution in [0.5, 0.6) is 0 Å². The van der Waals surface area contributed by atoms with Gasteiger partial charge < -0.3 is 20.3 Å². The Morgan fingerprint density at radius 3 is 2.78 bits per heavy atom. The lowest BCUT2D eigenvalue weighted by Gasteiger charge is -2.26. The molecule has 0 amide bonds. The average molecular weight is 397 g/mol. The van der Waals surface area contributed by atoms with Crippen molar-refractivity contribution in [2.45, 2.75) is 38.4 Å². The summed E-state index contributed by atoms with van der Waals surface area (Å²) < 4.78 is 7.54. The number of aromatic amines is 1. The minimum absolute atomic E-state index is 0.0314. The van der Waals surface area contributed by atoms with Crippen LogP contribution in [0.4, 0.5) is 5.95 Å². The van der Waals surface area contributed by atoms with Crippen LogP contribution in [0.15, 0.2) is 11.1 Å². The molecule has 0 saturated carbocycles. The van der Waals surface area contributed by atoms with Crippen molar-refractivity contribution in [3.63, 3.8) is 0 Å². The first-order valence-corrected chi connectivity index (χ1v) is 12.1. The third kappa shape index (κ3) is 3.96. The minimum Gasteiger partial charge on any atom is -0.388 e. The SMILES string of the molecule is C=P(C)(C)CC(C)[C@H]1O[C@@H](n2cnc3c(=O)[nH]c(NCC)nc32)[C@H](O)[C@@H]1O. The Hall–Kier alpha value is -1.67. The summed E-state index contributed by atoms with van der Waals surface area (Å²) in [5.74, 6) is 0.349. The largest absolute Gasteiger partial charge is 0.388 e. The predicted octanol–water partition coefficient (Wildman–Crippen LogP) is 0.516. The molecule has 10 heteroatoms. The molecule has 4 N–H and O–H groups in total. The molecule has 1 fully saturated rings. The number of ether oxygens (including phenoxy) is 1. The second-order valence-electron chi connectivity index (χ2n) is 7.84. The highest BCUT2D eigenvalue weighted by atomic mass is 31.2. The Balaban J connectivity index is 1.94. The van der Waals surface area contributed by atoms with E-state index in [1.165, 1.54) is 10.9 Å². The fourth-order valence-corrected chi connectivity index (χ4v) is 5.40. The van der Waals surface area contributed by atoms with Gasteiger partial charge in [-0.25, -0.2) is 4.98 Å². The number of nitrogens with one attached hydrogen (secondary N) is 2. The monoisotopic (exact) mass is 397 g/mol. The molecule has 2 aromatic rings. The molecule has 0 spiro atoms. The van der Waals surface area contributed by atoms with Gasteiger partial charge in [0.1, 0.15) is 12.2 Å². The number of aromatic nitrogens is 4. The van der Waals surface area contributed by atoms with Crippen LogP contribution < -0.4 is 10.9 Å².